The van der Waals surface area contributed by atoms with Gasteiger partial charge in [-0.05, 0) is 36.0 Å². The van der Waals surface area contributed by atoms with Crippen LogP contribution >= 0.6 is 0 Å². The smallest absolute Gasteiger partial charge is 0.225 e. The Labute approximate surface area is 229 Å². The Morgan fingerprint density at radius 3 is 2.48 bits per heavy atom. The molecule has 1 fully saturated rings. The fraction of sp³-hybridized carbons (Fsp3) is 0.286. The van der Waals surface area contributed by atoms with Crippen molar-refractivity contribution < 1.29 is 9.18 Å². The molecule has 1 aliphatic heterocycles. The van der Waals surface area contributed by atoms with Crippen molar-refractivity contribution in [2.24, 2.45) is 18.2 Å². The van der Waals surface area contributed by atoms with Gasteiger partial charge in [-0.25, -0.2) is 18.6 Å². The van der Waals surface area contributed by atoms with Crippen LogP contribution in [0.4, 0.5) is 10.1 Å². The molecule has 1 aliphatic rings. The van der Waals surface area contributed by atoms with Crippen LogP contribution in [-0.4, -0.2) is 53.2 Å². The number of piperidine rings is 1. The van der Waals surface area contributed by atoms with Crippen molar-refractivity contribution in [1.82, 2.24) is 34.2 Å². The molecule has 1 atom stereocenters. The highest BCUT2D eigenvalue weighted by molar-refractivity contribution is 5.84. The molecule has 5 aromatic rings. The van der Waals surface area contributed by atoms with E-state index < -0.39 is 23.1 Å². The van der Waals surface area contributed by atoms with Crippen molar-refractivity contribution in [3.8, 4) is 23.0 Å². The second-order valence-corrected chi connectivity index (χ2v) is 10.5. The fourth-order valence-corrected chi connectivity index (χ4v) is 5.74. The third-order valence-electron chi connectivity index (χ3n) is 7.87. The number of aryl methyl sites for hydroxylation is 1. The molecule has 11 nitrogen and oxygen atoms in total. The minimum absolute atomic E-state index is 0.417. The van der Waals surface area contributed by atoms with E-state index >= 15 is 0 Å². The summed E-state index contributed by atoms with van der Waals surface area (Å²) in [5.74, 6) is -0.986. The Balaban J connectivity index is 1.29. The largest absolute Gasteiger partial charge is 0.370 e. The number of hydrogen-bond acceptors (Lipinski definition) is 7. The summed E-state index contributed by atoms with van der Waals surface area (Å²) >= 11 is 0. The number of nitrogens with two attached hydrogens (primary N) is 1. The van der Waals surface area contributed by atoms with Gasteiger partial charge in [-0.3, -0.25) is 9.48 Å². The Hall–Kier alpha value is -5.05. The van der Waals surface area contributed by atoms with Crippen LogP contribution in [0.15, 0.2) is 61.6 Å². The minimum Gasteiger partial charge on any atom is -0.370 e. The second kappa shape index (κ2) is 9.60. The summed E-state index contributed by atoms with van der Waals surface area (Å²) < 4.78 is 18.2. The number of fused-ring (bicyclic) bond motifs is 1. The van der Waals surface area contributed by atoms with Crippen LogP contribution < -0.4 is 10.6 Å². The van der Waals surface area contributed by atoms with Crippen LogP contribution in [0.5, 0.6) is 0 Å². The standard InChI is InChI=1S/C28H27FN10O/c1-28(25(27(31)40)18-3-4-24(32-11-18)38-17-22(29)14-35-38)5-7-37(8-6-28)23-9-19(21-13-33-36(2)15-21)16-39-26(23)20(10-30)12-34-39/h3-4,9,11-17,25H,5-8H2,1-2H3,(H2,31,40). The fourth-order valence-electron chi connectivity index (χ4n) is 5.74. The summed E-state index contributed by atoms with van der Waals surface area (Å²) in [7, 11) is 1.87. The van der Waals surface area contributed by atoms with E-state index in [2.05, 4.69) is 44.2 Å². The number of nitrogens with zero attached hydrogens (tertiary/aromatic N) is 9. The van der Waals surface area contributed by atoms with E-state index in [-0.39, 0.29) is 0 Å². The highest BCUT2D eigenvalue weighted by atomic mass is 19.1. The molecule has 0 saturated carbocycles. The van der Waals surface area contributed by atoms with Gasteiger partial charge in [-0.15, -0.1) is 0 Å². The van der Waals surface area contributed by atoms with E-state index in [9.17, 15) is 14.4 Å². The molecule has 5 aromatic heterocycles. The lowest BCUT2D eigenvalue weighted by atomic mass is 9.67. The Kier molecular flexibility index (Phi) is 6.06. The lowest BCUT2D eigenvalue weighted by Gasteiger charge is -2.44. The van der Waals surface area contributed by atoms with Crippen LogP contribution in [0.2, 0.25) is 0 Å². The van der Waals surface area contributed by atoms with E-state index in [1.165, 1.54) is 10.9 Å². The predicted molar refractivity (Wildman–Crippen MR) is 145 cm³/mol. The van der Waals surface area contributed by atoms with Crippen molar-refractivity contribution in [2.75, 3.05) is 18.0 Å². The molecule has 0 bridgehead atoms. The first kappa shape index (κ1) is 25.2. The topological polar surface area (TPSA) is 136 Å². The molecule has 0 spiro atoms. The number of hydrogen-bond donors (Lipinski definition) is 1. The van der Waals surface area contributed by atoms with Gasteiger partial charge in [0.25, 0.3) is 0 Å². The molecule has 1 unspecified atom stereocenters. The van der Waals surface area contributed by atoms with Crippen LogP contribution in [-0.2, 0) is 11.8 Å². The van der Waals surface area contributed by atoms with E-state index in [0.717, 1.165) is 28.5 Å². The monoisotopic (exact) mass is 538 g/mol. The zero-order valence-electron chi connectivity index (χ0n) is 22.1. The molecular weight excluding hydrogens is 511 g/mol. The van der Waals surface area contributed by atoms with Crippen molar-refractivity contribution in [2.45, 2.75) is 25.7 Å². The minimum atomic E-state index is -0.558. The van der Waals surface area contributed by atoms with Gasteiger partial charge in [0.1, 0.15) is 11.6 Å². The molecule has 40 heavy (non-hydrogen) atoms. The van der Waals surface area contributed by atoms with Crippen LogP contribution in [0.25, 0.3) is 22.5 Å². The van der Waals surface area contributed by atoms with Crippen molar-refractivity contribution in [3.05, 3.63) is 78.5 Å². The Morgan fingerprint density at radius 1 is 1.07 bits per heavy atom. The first-order chi connectivity index (χ1) is 19.3. The quantitative estimate of drug-likeness (QED) is 0.351. The normalized spacial score (nSPS) is 15.7. The van der Waals surface area contributed by atoms with Gasteiger partial charge in [0, 0.05) is 49.9 Å². The first-order valence-corrected chi connectivity index (χ1v) is 12.9. The van der Waals surface area contributed by atoms with Gasteiger partial charge in [-0.2, -0.15) is 20.6 Å². The lowest BCUT2D eigenvalue weighted by Crippen LogP contribution is -2.45. The molecule has 0 aliphatic carbocycles. The summed E-state index contributed by atoms with van der Waals surface area (Å²) in [4.78, 5) is 19.5. The summed E-state index contributed by atoms with van der Waals surface area (Å²) in [5.41, 5.74) is 10.3. The summed E-state index contributed by atoms with van der Waals surface area (Å²) in [6, 6.07) is 7.85. The van der Waals surface area contributed by atoms with Gasteiger partial charge in [0.15, 0.2) is 11.6 Å². The predicted octanol–water partition coefficient (Wildman–Crippen LogP) is 3.20. The highest BCUT2D eigenvalue weighted by Gasteiger charge is 2.42. The lowest BCUT2D eigenvalue weighted by molar-refractivity contribution is -0.122. The summed E-state index contributed by atoms with van der Waals surface area (Å²) in [5, 5.41) is 22.4. The van der Waals surface area contributed by atoms with Gasteiger partial charge in [0.2, 0.25) is 5.91 Å². The van der Waals surface area contributed by atoms with Gasteiger partial charge in [-0.1, -0.05) is 13.0 Å². The third-order valence-corrected chi connectivity index (χ3v) is 7.87. The highest BCUT2D eigenvalue weighted by Crippen LogP contribution is 2.45. The second-order valence-electron chi connectivity index (χ2n) is 10.5. The van der Waals surface area contributed by atoms with Gasteiger partial charge in [0.05, 0.1) is 42.0 Å². The first-order valence-electron chi connectivity index (χ1n) is 12.9. The molecule has 0 radical (unpaired) electrons. The van der Waals surface area contributed by atoms with Crippen LogP contribution in [0.1, 0.15) is 36.8 Å². The van der Waals surface area contributed by atoms with E-state index in [0.29, 0.717) is 42.9 Å². The van der Waals surface area contributed by atoms with E-state index in [1.807, 2.05) is 19.4 Å². The molecule has 6 rings (SSSR count). The van der Waals surface area contributed by atoms with Gasteiger partial charge >= 0.3 is 0 Å². The molecule has 1 amide bonds. The van der Waals surface area contributed by atoms with Crippen LogP contribution in [0, 0.1) is 22.6 Å². The Bertz CT molecular complexity index is 1750. The number of nitriles is 1. The maximum atomic E-state index is 13.4. The molecule has 202 valence electrons. The third kappa shape index (κ3) is 4.35. The molecule has 1 saturated heterocycles. The maximum Gasteiger partial charge on any atom is 0.225 e. The number of pyridine rings is 2. The van der Waals surface area contributed by atoms with E-state index in [4.69, 9.17) is 5.73 Å². The van der Waals surface area contributed by atoms with Crippen molar-refractivity contribution in [3.63, 3.8) is 0 Å². The number of halogens is 1. The van der Waals surface area contributed by atoms with Crippen molar-refractivity contribution in [1.29, 1.82) is 5.26 Å². The molecular formula is C28H27FN10O. The number of amides is 1. The number of aromatic nitrogens is 7. The zero-order chi connectivity index (χ0) is 28.0. The SMILES string of the molecule is Cn1cc(-c2cc(N3CCC(C)(C(C(N)=O)c4ccc(-n5cc(F)cn5)nc4)CC3)c3c(C#N)cnn3c2)cn1. The number of carbonyl (C=O) groups is 1. The number of anilines is 1. The van der Waals surface area contributed by atoms with Crippen molar-refractivity contribution >= 4 is 17.1 Å². The molecule has 0 aromatic carbocycles. The molecule has 6 heterocycles. The molecule has 2 N–H and O–H groups in total. The van der Waals surface area contributed by atoms with E-state index in [1.54, 1.807) is 39.9 Å². The number of primary amides is 1. The van der Waals surface area contributed by atoms with Gasteiger partial charge < -0.3 is 10.6 Å². The number of carbonyl (C=O) groups excluding carboxylic acids is 1. The summed E-state index contributed by atoms with van der Waals surface area (Å²) in [6.45, 7) is 3.39. The summed E-state index contributed by atoms with van der Waals surface area (Å²) in [6.07, 6.45) is 12.6. The zero-order valence-corrected chi connectivity index (χ0v) is 22.1. The molecule has 12 heteroatoms. The van der Waals surface area contributed by atoms with Crippen LogP contribution in [0.3, 0.4) is 0 Å². The number of rotatable bonds is 6. The maximum absolute atomic E-state index is 13.4. The average molecular weight is 539 g/mol. The average Bonchev–Trinajstić information content (AvgIpc) is 3.68. The Morgan fingerprint density at radius 2 is 1.88 bits per heavy atom.